The predicted octanol–water partition coefficient (Wildman–Crippen LogP) is 3.21. The van der Waals surface area contributed by atoms with E-state index in [2.05, 4.69) is 20.8 Å². The zero-order valence-corrected chi connectivity index (χ0v) is 14.7. The van der Waals surface area contributed by atoms with Crippen molar-refractivity contribution in [2.45, 2.75) is 6.54 Å². The number of methoxy groups -OCH3 is 2. The van der Waals surface area contributed by atoms with Crippen LogP contribution in [0.2, 0.25) is 0 Å². The minimum Gasteiger partial charge on any atom is -0.493 e. The topological polar surface area (TPSA) is 98.5 Å². The lowest BCUT2D eigenvalue weighted by molar-refractivity contribution is 0.249. The Bertz CT molecular complexity index is 927. The molecule has 3 rings (SSSR count). The van der Waals surface area contributed by atoms with E-state index in [1.54, 1.807) is 25.3 Å². The molecule has 0 atom stereocenters. The first kappa shape index (κ1) is 18.2. The van der Waals surface area contributed by atoms with Crippen molar-refractivity contribution in [1.82, 2.24) is 15.5 Å². The summed E-state index contributed by atoms with van der Waals surface area (Å²) in [5.74, 6) is 1.33. The molecule has 0 saturated carbocycles. The lowest BCUT2D eigenvalue weighted by Crippen LogP contribution is -2.28. The summed E-state index contributed by atoms with van der Waals surface area (Å²) in [5.41, 5.74) is 1.14. The van der Waals surface area contributed by atoms with Crippen LogP contribution in [-0.2, 0) is 6.54 Å². The Hall–Kier alpha value is -3.62. The maximum Gasteiger partial charge on any atom is 0.319 e. The van der Waals surface area contributed by atoms with Gasteiger partial charge in [0.2, 0.25) is 11.7 Å². The molecule has 8 nitrogen and oxygen atoms in total. The number of ether oxygens (including phenoxy) is 2. The molecule has 2 N–H and O–H groups in total. The summed E-state index contributed by atoms with van der Waals surface area (Å²) in [6.07, 6.45) is 0. The van der Waals surface area contributed by atoms with E-state index >= 15 is 0 Å². The van der Waals surface area contributed by atoms with Gasteiger partial charge in [0, 0.05) is 11.3 Å². The summed E-state index contributed by atoms with van der Waals surface area (Å²) >= 11 is 0. The van der Waals surface area contributed by atoms with Crippen molar-refractivity contribution in [2.75, 3.05) is 19.5 Å². The zero-order valence-electron chi connectivity index (χ0n) is 14.7. The van der Waals surface area contributed by atoms with Crippen molar-refractivity contribution >= 4 is 11.7 Å². The smallest absolute Gasteiger partial charge is 0.319 e. The molecule has 3 aromatic rings. The van der Waals surface area contributed by atoms with Crippen LogP contribution in [0.25, 0.3) is 11.4 Å². The van der Waals surface area contributed by atoms with E-state index in [4.69, 9.17) is 14.0 Å². The van der Waals surface area contributed by atoms with Gasteiger partial charge in [-0.1, -0.05) is 5.16 Å². The first-order valence-electron chi connectivity index (χ1n) is 7.94. The monoisotopic (exact) mass is 372 g/mol. The fourth-order valence-electron chi connectivity index (χ4n) is 2.28. The number of nitrogens with one attached hydrogen (secondary N) is 2. The lowest BCUT2D eigenvalue weighted by Gasteiger charge is -2.07. The van der Waals surface area contributed by atoms with Crippen LogP contribution in [0.3, 0.4) is 0 Å². The number of aromatic nitrogens is 2. The van der Waals surface area contributed by atoms with E-state index in [0.29, 0.717) is 28.6 Å². The van der Waals surface area contributed by atoms with Gasteiger partial charge in [-0.3, -0.25) is 0 Å². The van der Waals surface area contributed by atoms with Crippen LogP contribution >= 0.6 is 0 Å². The number of carbonyl (C=O) groups excluding carboxylic acids is 1. The predicted molar refractivity (Wildman–Crippen MR) is 95.1 cm³/mol. The summed E-state index contributed by atoms with van der Waals surface area (Å²) in [7, 11) is 3.08. The lowest BCUT2D eigenvalue weighted by atomic mass is 10.2. The van der Waals surface area contributed by atoms with Crippen LogP contribution in [0.15, 0.2) is 47.0 Å². The van der Waals surface area contributed by atoms with Crippen molar-refractivity contribution in [3.63, 3.8) is 0 Å². The van der Waals surface area contributed by atoms with Gasteiger partial charge in [-0.05, 0) is 42.5 Å². The molecule has 0 fully saturated rings. The minimum absolute atomic E-state index is 0.0350. The van der Waals surface area contributed by atoms with E-state index in [-0.39, 0.29) is 18.3 Å². The summed E-state index contributed by atoms with van der Waals surface area (Å²) in [6, 6.07) is 10.2. The van der Waals surface area contributed by atoms with Gasteiger partial charge < -0.3 is 24.6 Å². The molecular formula is C18H17FN4O4. The van der Waals surface area contributed by atoms with Gasteiger partial charge in [0.1, 0.15) is 5.82 Å². The molecule has 0 spiro atoms. The summed E-state index contributed by atoms with van der Waals surface area (Å²) in [5, 5.41) is 9.04. The molecule has 0 bridgehead atoms. The van der Waals surface area contributed by atoms with Gasteiger partial charge >= 0.3 is 6.03 Å². The standard InChI is InChI=1S/C18H17FN4O4/c1-25-14-8-3-11(9-15(14)26-2)17-22-16(27-23-17)10-20-18(24)21-13-6-4-12(19)5-7-13/h3-9H,10H2,1-2H3,(H2,20,21,24). The third kappa shape index (κ3) is 4.51. The molecule has 27 heavy (non-hydrogen) atoms. The molecule has 0 saturated heterocycles. The minimum atomic E-state index is -0.479. The zero-order chi connectivity index (χ0) is 19.2. The molecule has 0 aliphatic heterocycles. The molecule has 1 aromatic heterocycles. The number of rotatable bonds is 6. The second-order valence-corrected chi connectivity index (χ2v) is 5.40. The maximum atomic E-state index is 12.9. The fraction of sp³-hybridized carbons (Fsp3) is 0.167. The van der Waals surface area contributed by atoms with Crippen molar-refractivity contribution < 1.29 is 23.2 Å². The van der Waals surface area contributed by atoms with Gasteiger partial charge in [0.25, 0.3) is 0 Å². The number of hydrogen-bond acceptors (Lipinski definition) is 6. The number of urea groups is 1. The SMILES string of the molecule is COc1ccc(-c2noc(CNC(=O)Nc3ccc(F)cc3)n2)cc1OC. The Morgan fingerprint density at radius 3 is 2.56 bits per heavy atom. The number of amides is 2. The second kappa shape index (κ2) is 8.17. The average molecular weight is 372 g/mol. The molecule has 2 amide bonds. The van der Waals surface area contributed by atoms with Crippen molar-refractivity contribution in [1.29, 1.82) is 0 Å². The molecule has 9 heteroatoms. The highest BCUT2D eigenvalue weighted by Gasteiger charge is 2.13. The summed E-state index contributed by atoms with van der Waals surface area (Å²) < 4.78 is 28.4. The molecule has 2 aromatic carbocycles. The van der Waals surface area contributed by atoms with E-state index < -0.39 is 6.03 Å². The highest BCUT2D eigenvalue weighted by molar-refractivity contribution is 5.89. The largest absolute Gasteiger partial charge is 0.493 e. The number of hydrogen-bond donors (Lipinski definition) is 2. The molecule has 0 aliphatic rings. The van der Waals surface area contributed by atoms with Gasteiger partial charge in [0.05, 0.1) is 20.8 Å². The quantitative estimate of drug-likeness (QED) is 0.689. The normalized spacial score (nSPS) is 10.3. The van der Waals surface area contributed by atoms with Crippen LogP contribution in [0, 0.1) is 5.82 Å². The van der Waals surface area contributed by atoms with Crippen LogP contribution in [0.1, 0.15) is 5.89 Å². The number of nitrogens with zero attached hydrogens (tertiary/aromatic N) is 2. The van der Waals surface area contributed by atoms with Crippen LogP contribution in [0.5, 0.6) is 11.5 Å². The molecule has 0 unspecified atom stereocenters. The van der Waals surface area contributed by atoms with Gasteiger partial charge in [0.15, 0.2) is 11.5 Å². The van der Waals surface area contributed by atoms with Gasteiger partial charge in [-0.2, -0.15) is 4.98 Å². The fourth-order valence-corrected chi connectivity index (χ4v) is 2.28. The third-order valence-electron chi connectivity index (χ3n) is 3.61. The highest BCUT2D eigenvalue weighted by Crippen LogP contribution is 2.31. The Balaban J connectivity index is 1.61. The van der Waals surface area contributed by atoms with Crippen molar-refractivity contribution in [2.24, 2.45) is 0 Å². The molecule has 0 radical (unpaired) electrons. The molecule has 140 valence electrons. The Morgan fingerprint density at radius 2 is 1.85 bits per heavy atom. The van der Waals surface area contributed by atoms with Gasteiger partial charge in [-0.15, -0.1) is 0 Å². The van der Waals surface area contributed by atoms with Crippen molar-refractivity contribution in [3.05, 3.63) is 54.2 Å². The summed E-state index contributed by atoms with van der Waals surface area (Å²) in [6.45, 7) is 0.0350. The van der Waals surface area contributed by atoms with E-state index in [1.807, 2.05) is 0 Å². The Labute approximate surface area is 154 Å². The number of benzene rings is 2. The highest BCUT2D eigenvalue weighted by atomic mass is 19.1. The van der Waals surface area contributed by atoms with Crippen LogP contribution in [0.4, 0.5) is 14.9 Å². The average Bonchev–Trinajstić information content (AvgIpc) is 3.16. The first-order valence-corrected chi connectivity index (χ1v) is 7.94. The van der Waals surface area contributed by atoms with Crippen LogP contribution < -0.4 is 20.1 Å². The van der Waals surface area contributed by atoms with Crippen molar-refractivity contribution in [3.8, 4) is 22.9 Å². The third-order valence-corrected chi connectivity index (χ3v) is 3.61. The van der Waals surface area contributed by atoms with E-state index in [1.165, 1.54) is 31.4 Å². The Kier molecular flexibility index (Phi) is 5.50. The number of anilines is 1. The first-order chi connectivity index (χ1) is 13.1. The maximum absolute atomic E-state index is 12.9. The number of halogens is 1. The number of carbonyl (C=O) groups is 1. The van der Waals surface area contributed by atoms with E-state index in [9.17, 15) is 9.18 Å². The second-order valence-electron chi connectivity index (χ2n) is 5.40. The molecule has 0 aliphatic carbocycles. The Morgan fingerprint density at radius 1 is 1.11 bits per heavy atom. The molecular weight excluding hydrogens is 355 g/mol. The summed E-state index contributed by atoms with van der Waals surface area (Å²) in [4.78, 5) is 16.1. The van der Waals surface area contributed by atoms with E-state index in [0.717, 1.165) is 0 Å². The molecule has 1 heterocycles. The van der Waals surface area contributed by atoms with Crippen LogP contribution in [-0.4, -0.2) is 30.4 Å². The van der Waals surface area contributed by atoms with Gasteiger partial charge in [-0.25, -0.2) is 9.18 Å².